The monoisotopic (exact) mass is 326 g/mol. The third-order valence-corrected chi connectivity index (χ3v) is 3.63. The molecule has 0 fully saturated rings. The Balaban J connectivity index is 1.97. The third-order valence-electron chi connectivity index (χ3n) is 3.63. The van der Waals surface area contributed by atoms with E-state index >= 15 is 0 Å². The van der Waals surface area contributed by atoms with E-state index in [0.29, 0.717) is 30.0 Å². The smallest absolute Gasteiger partial charge is 0.188 e. The number of carbonyl (C=O) groups is 1. The van der Waals surface area contributed by atoms with Crippen LogP contribution in [0, 0.1) is 0 Å². The number of anilines is 1. The van der Waals surface area contributed by atoms with Crippen molar-refractivity contribution in [3.05, 3.63) is 48.2 Å². The molecule has 0 spiro atoms. The number of ketones is 1. The van der Waals surface area contributed by atoms with Crippen LogP contribution in [0.1, 0.15) is 16.8 Å². The molecular formula is C17H18N4O3. The lowest BCUT2D eigenvalue weighted by Crippen LogP contribution is -2.07. The van der Waals surface area contributed by atoms with E-state index in [-0.39, 0.29) is 12.4 Å². The van der Waals surface area contributed by atoms with Crippen LogP contribution in [0.4, 0.5) is 5.82 Å². The van der Waals surface area contributed by atoms with Gasteiger partial charge in [0.2, 0.25) is 0 Å². The Morgan fingerprint density at radius 2 is 2.08 bits per heavy atom. The quantitative estimate of drug-likeness (QED) is 0.448. The number of rotatable bonds is 7. The molecular weight excluding hydrogens is 308 g/mol. The Kier molecular flexibility index (Phi) is 4.83. The fraction of sp³-hybridized carbons (Fsp3) is 0.235. The molecule has 0 unspecified atom stereocenters. The Morgan fingerprint density at radius 1 is 1.21 bits per heavy atom. The van der Waals surface area contributed by atoms with Gasteiger partial charge in [0.05, 0.1) is 11.9 Å². The first-order valence-corrected chi connectivity index (χ1v) is 7.67. The molecule has 0 aliphatic carbocycles. The summed E-state index contributed by atoms with van der Waals surface area (Å²) in [5.74, 6) is 0.350. The molecule has 7 nitrogen and oxygen atoms in total. The summed E-state index contributed by atoms with van der Waals surface area (Å²) in [4.78, 5) is 16.0. The topological polar surface area (TPSA) is 99.8 Å². The summed E-state index contributed by atoms with van der Waals surface area (Å²) in [6, 6.07) is 10.7. The average Bonchev–Trinajstić information content (AvgIpc) is 3.04. The van der Waals surface area contributed by atoms with E-state index < -0.39 is 6.61 Å². The lowest BCUT2D eigenvalue weighted by atomic mass is 10.1. The molecule has 7 heteroatoms. The van der Waals surface area contributed by atoms with Gasteiger partial charge in [-0.3, -0.25) is 4.79 Å². The number of nitrogens with one attached hydrogen (secondary N) is 1. The van der Waals surface area contributed by atoms with E-state index in [1.54, 1.807) is 28.9 Å². The Hall–Kier alpha value is -2.77. The predicted molar refractivity (Wildman–Crippen MR) is 90.0 cm³/mol. The molecule has 0 aliphatic heterocycles. The fourth-order valence-corrected chi connectivity index (χ4v) is 2.40. The summed E-state index contributed by atoms with van der Waals surface area (Å²) in [6.45, 7) is 0.227. The largest absolute Gasteiger partial charge is 0.396 e. The van der Waals surface area contributed by atoms with Crippen molar-refractivity contribution in [1.82, 2.24) is 14.6 Å². The molecule has 0 saturated heterocycles. The van der Waals surface area contributed by atoms with E-state index in [4.69, 9.17) is 10.2 Å². The highest BCUT2D eigenvalue weighted by Gasteiger charge is 2.11. The average molecular weight is 326 g/mol. The zero-order valence-corrected chi connectivity index (χ0v) is 13.0. The number of imidazole rings is 1. The first kappa shape index (κ1) is 16.1. The zero-order chi connectivity index (χ0) is 16.9. The fourth-order valence-electron chi connectivity index (χ4n) is 2.40. The van der Waals surface area contributed by atoms with Crippen LogP contribution in [0.15, 0.2) is 42.6 Å². The van der Waals surface area contributed by atoms with Gasteiger partial charge in [-0.05, 0) is 24.6 Å². The Labute approximate surface area is 138 Å². The molecule has 1 aromatic carbocycles. The lowest BCUT2D eigenvalue weighted by molar-refractivity contribution is 0.0904. The number of nitrogens with zero attached hydrogens (tertiary/aromatic N) is 3. The van der Waals surface area contributed by atoms with Crippen molar-refractivity contribution in [2.75, 3.05) is 25.1 Å². The molecule has 3 aromatic rings. The minimum Gasteiger partial charge on any atom is -0.396 e. The number of carbonyl (C=O) groups excluding carboxylic acids is 1. The van der Waals surface area contributed by atoms with Crippen LogP contribution in [-0.2, 0) is 0 Å². The summed E-state index contributed by atoms with van der Waals surface area (Å²) in [5, 5.41) is 25.5. The number of fused-ring (bicyclic) bond motifs is 1. The van der Waals surface area contributed by atoms with Gasteiger partial charge >= 0.3 is 0 Å². The van der Waals surface area contributed by atoms with Crippen LogP contribution in [0.25, 0.3) is 16.9 Å². The molecule has 0 radical (unpaired) electrons. The molecule has 0 saturated carbocycles. The van der Waals surface area contributed by atoms with Crippen molar-refractivity contribution in [2.45, 2.75) is 6.42 Å². The first-order valence-electron chi connectivity index (χ1n) is 7.67. The highest BCUT2D eigenvalue weighted by molar-refractivity contribution is 5.97. The van der Waals surface area contributed by atoms with Crippen molar-refractivity contribution in [2.24, 2.45) is 0 Å². The van der Waals surface area contributed by atoms with Crippen molar-refractivity contribution in [3.8, 4) is 11.3 Å². The number of hydrogen-bond donors (Lipinski definition) is 3. The third kappa shape index (κ3) is 3.27. The molecule has 2 heterocycles. The van der Waals surface area contributed by atoms with Crippen LogP contribution in [-0.4, -0.2) is 50.4 Å². The number of benzene rings is 1. The molecule has 3 N–H and O–H groups in total. The van der Waals surface area contributed by atoms with Crippen LogP contribution in [0.2, 0.25) is 0 Å². The Morgan fingerprint density at radius 3 is 2.88 bits per heavy atom. The van der Waals surface area contributed by atoms with Gasteiger partial charge < -0.3 is 15.5 Å². The normalized spacial score (nSPS) is 10.9. The lowest BCUT2D eigenvalue weighted by Gasteiger charge is -2.07. The van der Waals surface area contributed by atoms with Gasteiger partial charge in [0.15, 0.2) is 11.4 Å². The molecule has 24 heavy (non-hydrogen) atoms. The second-order valence-corrected chi connectivity index (χ2v) is 5.30. The van der Waals surface area contributed by atoms with Crippen molar-refractivity contribution >= 4 is 17.2 Å². The van der Waals surface area contributed by atoms with Gasteiger partial charge in [0.25, 0.3) is 0 Å². The first-order chi connectivity index (χ1) is 11.7. The summed E-state index contributed by atoms with van der Waals surface area (Å²) < 4.78 is 1.70. The highest BCUT2D eigenvalue weighted by atomic mass is 16.3. The zero-order valence-electron chi connectivity index (χ0n) is 13.0. The summed E-state index contributed by atoms with van der Waals surface area (Å²) in [6.07, 6.45) is 2.34. The van der Waals surface area contributed by atoms with Gasteiger partial charge in [0.1, 0.15) is 12.4 Å². The molecule has 0 atom stereocenters. The number of aromatic nitrogens is 3. The van der Waals surface area contributed by atoms with Crippen molar-refractivity contribution in [1.29, 1.82) is 0 Å². The number of aliphatic hydroxyl groups excluding tert-OH is 2. The van der Waals surface area contributed by atoms with Gasteiger partial charge in [0, 0.05) is 24.3 Å². The standard InChI is InChI=1S/C17H18N4O3/c22-8-2-7-18-16-5-6-17-19-10-14(21(17)20-16)12-3-1-4-13(9-12)15(24)11-23/h1,3-6,9-10,22-23H,2,7-8,11H2,(H,18,20). The second kappa shape index (κ2) is 7.20. The van der Waals surface area contributed by atoms with Gasteiger partial charge in [-0.15, -0.1) is 5.10 Å². The van der Waals surface area contributed by atoms with Crippen LogP contribution >= 0.6 is 0 Å². The maximum Gasteiger partial charge on any atom is 0.188 e. The van der Waals surface area contributed by atoms with E-state index in [1.165, 1.54) is 0 Å². The molecule has 0 bridgehead atoms. The van der Waals surface area contributed by atoms with Crippen LogP contribution in [0.5, 0.6) is 0 Å². The van der Waals surface area contributed by atoms with Crippen LogP contribution in [0.3, 0.4) is 0 Å². The molecule has 124 valence electrons. The van der Waals surface area contributed by atoms with E-state index in [1.807, 2.05) is 18.2 Å². The summed E-state index contributed by atoms with van der Waals surface area (Å²) in [7, 11) is 0. The maximum absolute atomic E-state index is 11.7. The van der Waals surface area contributed by atoms with Gasteiger partial charge in [-0.25, -0.2) is 9.50 Å². The second-order valence-electron chi connectivity index (χ2n) is 5.30. The molecule has 3 rings (SSSR count). The van der Waals surface area contributed by atoms with Gasteiger partial charge in [-0.1, -0.05) is 18.2 Å². The van der Waals surface area contributed by atoms with E-state index in [9.17, 15) is 4.79 Å². The molecule has 2 aromatic heterocycles. The highest BCUT2D eigenvalue weighted by Crippen LogP contribution is 2.22. The minimum atomic E-state index is -0.520. The number of hydrogen-bond acceptors (Lipinski definition) is 6. The number of aliphatic hydroxyl groups is 2. The SMILES string of the molecule is O=C(CO)c1cccc(-c2cnc3ccc(NCCCO)nn23)c1. The summed E-state index contributed by atoms with van der Waals surface area (Å²) in [5.41, 5.74) is 2.68. The van der Waals surface area contributed by atoms with Crippen molar-refractivity contribution in [3.63, 3.8) is 0 Å². The molecule has 0 aliphatic rings. The Bertz CT molecular complexity index is 860. The van der Waals surface area contributed by atoms with E-state index in [0.717, 1.165) is 11.3 Å². The number of Topliss-reactive ketones (excluding diaryl/α,β-unsaturated/α-hetero) is 1. The minimum absolute atomic E-state index is 0.122. The van der Waals surface area contributed by atoms with Crippen molar-refractivity contribution < 1.29 is 15.0 Å². The van der Waals surface area contributed by atoms with E-state index in [2.05, 4.69) is 15.4 Å². The molecule has 0 amide bonds. The predicted octanol–water partition coefficient (Wildman–Crippen LogP) is 1.37. The summed E-state index contributed by atoms with van der Waals surface area (Å²) >= 11 is 0. The van der Waals surface area contributed by atoms with Gasteiger partial charge in [-0.2, -0.15) is 0 Å². The van der Waals surface area contributed by atoms with Crippen LogP contribution < -0.4 is 5.32 Å². The maximum atomic E-state index is 11.7.